The van der Waals surface area contributed by atoms with E-state index in [1.54, 1.807) is 12.1 Å². The number of carboxylic acid groups (broad SMARTS) is 1. The largest absolute Gasteiger partial charge is 0.497 e. The molecule has 6 nitrogen and oxygen atoms in total. The molecule has 1 amide bonds. The Bertz CT molecular complexity index is 444. The molecule has 1 aromatic carbocycles. The van der Waals surface area contributed by atoms with Crippen molar-refractivity contribution in [2.45, 2.75) is 6.42 Å². The molecule has 0 aromatic heterocycles. The second-order valence-corrected chi connectivity index (χ2v) is 3.47. The van der Waals surface area contributed by atoms with E-state index >= 15 is 0 Å². The van der Waals surface area contributed by atoms with Crippen LogP contribution < -0.4 is 14.8 Å². The van der Waals surface area contributed by atoms with Gasteiger partial charge in [0.25, 0.3) is 5.91 Å². The maximum atomic E-state index is 11.8. The highest BCUT2D eigenvalue weighted by Crippen LogP contribution is 2.23. The van der Waals surface area contributed by atoms with E-state index in [4.69, 9.17) is 14.6 Å². The summed E-state index contributed by atoms with van der Waals surface area (Å²) in [6.45, 7) is 0.0640. The fourth-order valence-electron chi connectivity index (χ4n) is 1.37. The summed E-state index contributed by atoms with van der Waals surface area (Å²) < 4.78 is 10.1. The first-order valence-corrected chi connectivity index (χ1v) is 5.30. The quantitative estimate of drug-likeness (QED) is 0.787. The summed E-state index contributed by atoms with van der Waals surface area (Å²) in [5, 5.41) is 11.0. The molecular weight excluding hydrogens is 238 g/mol. The molecule has 0 aliphatic heterocycles. The number of hydrogen-bond acceptors (Lipinski definition) is 4. The summed E-state index contributed by atoms with van der Waals surface area (Å²) in [5.74, 6) is -0.428. The minimum atomic E-state index is -0.965. The van der Waals surface area contributed by atoms with E-state index in [0.717, 1.165) is 0 Å². The van der Waals surface area contributed by atoms with Crippen LogP contribution in [0.25, 0.3) is 0 Å². The Morgan fingerprint density at radius 1 is 1.28 bits per heavy atom. The first-order valence-electron chi connectivity index (χ1n) is 5.30. The molecule has 0 heterocycles. The molecule has 1 aromatic rings. The van der Waals surface area contributed by atoms with Gasteiger partial charge in [-0.3, -0.25) is 9.59 Å². The molecule has 0 atom stereocenters. The Balaban J connectivity index is 2.79. The maximum Gasteiger partial charge on any atom is 0.305 e. The maximum absolute atomic E-state index is 11.8. The highest BCUT2D eigenvalue weighted by atomic mass is 16.5. The Hall–Kier alpha value is -2.24. The molecule has 98 valence electrons. The summed E-state index contributed by atoms with van der Waals surface area (Å²) >= 11 is 0. The van der Waals surface area contributed by atoms with Gasteiger partial charge in [-0.1, -0.05) is 0 Å². The molecule has 0 spiro atoms. The summed E-state index contributed by atoms with van der Waals surface area (Å²) in [6.07, 6.45) is -0.127. The van der Waals surface area contributed by atoms with E-state index in [9.17, 15) is 9.59 Å². The highest BCUT2D eigenvalue weighted by Gasteiger charge is 2.13. The normalized spacial score (nSPS) is 9.67. The molecule has 18 heavy (non-hydrogen) atoms. The fourth-order valence-corrected chi connectivity index (χ4v) is 1.37. The van der Waals surface area contributed by atoms with Crippen molar-refractivity contribution in [3.8, 4) is 11.5 Å². The van der Waals surface area contributed by atoms with Crippen molar-refractivity contribution < 1.29 is 24.2 Å². The van der Waals surface area contributed by atoms with Crippen LogP contribution in [0.3, 0.4) is 0 Å². The molecule has 0 saturated carbocycles. The number of methoxy groups -OCH3 is 2. The van der Waals surface area contributed by atoms with Crippen LogP contribution in [0, 0.1) is 0 Å². The molecular formula is C12H15NO5. The van der Waals surface area contributed by atoms with E-state index < -0.39 is 11.9 Å². The molecule has 0 radical (unpaired) electrons. The first kappa shape index (κ1) is 13.8. The lowest BCUT2D eigenvalue weighted by Crippen LogP contribution is -2.26. The van der Waals surface area contributed by atoms with Crippen LogP contribution in [0.1, 0.15) is 16.8 Å². The zero-order valence-corrected chi connectivity index (χ0v) is 10.2. The minimum Gasteiger partial charge on any atom is -0.497 e. The predicted molar refractivity (Wildman–Crippen MR) is 64.1 cm³/mol. The van der Waals surface area contributed by atoms with Gasteiger partial charge in [0.2, 0.25) is 0 Å². The third-order valence-corrected chi connectivity index (χ3v) is 2.28. The summed E-state index contributed by atoms with van der Waals surface area (Å²) in [7, 11) is 2.95. The lowest BCUT2D eigenvalue weighted by atomic mass is 10.1. The average Bonchev–Trinajstić information content (AvgIpc) is 2.37. The van der Waals surface area contributed by atoms with Crippen molar-refractivity contribution >= 4 is 11.9 Å². The van der Waals surface area contributed by atoms with Crippen molar-refractivity contribution in [1.82, 2.24) is 5.32 Å². The molecule has 0 saturated heterocycles. The second kappa shape index (κ2) is 6.48. The van der Waals surface area contributed by atoms with Crippen molar-refractivity contribution in [1.29, 1.82) is 0 Å². The third-order valence-electron chi connectivity index (χ3n) is 2.28. The van der Waals surface area contributed by atoms with Gasteiger partial charge >= 0.3 is 5.97 Å². The second-order valence-electron chi connectivity index (χ2n) is 3.47. The summed E-state index contributed by atoms with van der Waals surface area (Å²) in [4.78, 5) is 22.2. The zero-order valence-electron chi connectivity index (χ0n) is 10.2. The van der Waals surface area contributed by atoms with Crippen LogP contribution in [0.2, 0.25) is 0 Å². The van der Waals surface area contributed by atoms with Crippen molar-refractivity contribution in [3.05, 3.63) is 23.8 Å². The summed E-state index contributed by atoms with van der Waals surface area (Å²) in [5.41, 5.74) is 0.308. The number of ether oxygens (including phenoxy) is 2. The minimum absolute atomic E-state index is 0.0640. The van der Waals surface area contributed by atoms with E-state index in [-0.39, 0.29) is 13.0 Å². The average molecular weight is 253 g/mol. The lowest BCUT2D eigenvalue weighted by molar-refractivity contribution is -0.136. The topological polar surface area (TPSA) is 84.9 Å². The standard InChI is InChI=1S/C12H15NO5/c1-17-8-3-4-10(18-2)9(7-8)12(16)13-6-5-11(14)15/h3-4,7H,5-6H2,1-2H3,(H,13,16)(H,14,15). The number of carbonyl (C=O) groups is 2. The van der Waals surface area contributed by atoms with Crippen LogP contribution in [0.5, 0.6) is 11.5 Å². The van der Waals surface area contributed by atoms with E-state index in [0.29, 0.717) is 17.1 Å². The molecule has 0 fully saturated rings. The van der Waals surface area contributed by atoms with Gasteiger partial charge in [-0.05, 0) is 18.2 Å². The van der Waals surface area contributed by atoms with Crippen molar-refractivity contribution in [2.24, 2.45) is 0 Å². The number of rotatable bonds is 6. The third kappa shape index (κ3) is 3.65. The van der Waals surface area contributed by atoms with E-state index in [1.165, 1.54) is 20.3 Å². The van der Waals surface area contributed by atoms with Crippen LogP contribution in [0.4, 0.5) is 0 Å². The number of benzene rings is 1. The predicted octanol–water partition coefficient (Wildman–Crippen LogP) is 0.908. The van der Waals surface area contributed by atoms with Gasteiger partial charge in [0.1, 0.15) is 11.5 Å². The van der Waals surface area contributed by atoms with Crippen LogP contribution >= 0.6 is 0 Å². The molecule has 1 rings (SSSR count). The van der Waals surface area contributed by atoms with Crippen LogP contribution in [-0.4, -0.2) is 37.7 Å². The smallest absolute Gasteiger partial charge is 0.305 e. The number of aliphatic carboxylic acids is 1. The Kier molecular flexibility index (Phi) is 4.98. The van der Waals surface area contributed by atoms with E-state index in [1.807, 2.05) is 0 Å². The molecule has 0 bridgehead atoms. The molecule has 2 N–H and O–H groups in total. The van der Waals surface area contributed by atoms with Gasteiger partial charge in [-0.15, -0.1) is 0 Å². The Labute approximate surface area is 105 Å². The van der Waals surface area contributed by atoms with Gasteiger partial charge < -0.3 is 19.9 Å². The molecule has 0 unspecified atom stereocenters. The van der Waals surface area contributed by atoms with Gasteiger partial charge in [-0.25, -0.2) is 0 Å². The number of hydrogen-bond donors (Lipinski definition) is 2. The highest BCUT2D eigenvalue weighted by molar-refractivity contribution is 5.97. The van der Waals surface area contributed by atoms with Crippen molar-refractivity contribution in [3.63, 3.8) is 0 Å². The van der Waals surface area contributed by atoms with Crippen LogP contribution in [-0.2, 0) is 4.79 Å². The van der Waals surface area contributed by atoms with E-state index in [2.05, 4.69) is 5.32 Å². The first-order chi connectivity index (χ1) is 8.58. The summed E-state index contributed by atoms with van der Waals surface area (Å²) in [6, 6.07) is 4.83. The molecule has 6 heteroatoms. The SMILES string of the molecule is COc1ccc(OC)c(C(=O)NCCC(=O)O)c1. The number of nitrogens with one attached hydrogen (secondary N) is 1. The monoisotopic (exact) mass is 253 g/mol. The van der Waals surface area contributed by atoms with Gasteiger partial charge in [-0.2, -0.15) is 0 Å². The number of amides is 1. The Morgan fingerprint density at radius 2 is 2.00 bits per heavy atom. The number of carbonyl (C=O) groups excluding carboxylic acids is 1. The fraction of sp³-hybridized carbons (Fsp3) is 0.333. The van der Waals surface area contributed by atoms with Crippen molar-refractivity contribution in [2.75, 3.05) is 20.8 Å². The molecule has 0 aliphatic carbocycles. The molecule has 0 aliphatic rings. The van der Waals surface area contributed by atoms with Crippen LogP contribution in [0.15, 0.2) is 18.2 Å². The van der Waals surface area contributed by atoms with Gasteiger partial charge in [0.05, 0.1) is 26.2 Å². The lowest BCUT2D eigenvalue weighted by Gasteiger charge is -2.10. The zero-order chi connectivity index (χ0) is 13.5. The Morgan fingerprint density at radius 3 is 2.56 bits per heavy atom. The van der Waals surface area contributed by atoms with Gasteiger partial charge in [0, 0.05) is 6.54 Å². The number of carboxylic acids is 1. The van der Waals surface area contributed by atoms with Gasteiger partial charge in [0.15, 0.2) is 0 Å².